The first kappa shape index (κ1) is 11.7. The number of hydrogen-bond acceptors (Lipinski definition) is 3. The second kappa shape index (κ2) is 4.24. The van der Waals surface area contributed by atoms with Gasteiger partial charge >= 0.3 is 0 Å². The normalized spacial score (nSPS) is 15.4. The first-order valence-corrected chi connectivity index (χ1v) is 5.71. The minimum Gasteiger partial charge on any atom is -0.503 e. The number of nitrogens with one attached hydrogen (secondary N) is 1. The van der Waals surface area contributed by atoms with Crippen molar-refractivity contribution < 1.29 is 9.90 Å². The summed E-state index contributed by atoms with van der Waals surface area (Å²) in [6, 6.07) is 1.49. The van der Waals surface area contributed by atoms with Crippen molar-refractivity contribution in [2.45, 2.75) is 32.2 Å². The van der Waals surface area contributed by atoms with Gasteiger partial charge in [-0.15, -0.1) is 0 Å². The Bertz CT molecular complexity index is 515. The van der Waals surface area contributed by atoms with Crippen molar-refractivity contribution >= 4 is 5.91 Å². The minimum absolute atomic E-state index is 0.0434. The fourth-order valence-electron chi connectivity index (χ4n) is 1.87. The maximum atomic E-state index is 12.0. The van der Waals surface area contributed by atoms with Crippen LogP contribution in [0, 0.1) is 6.92 Å². The highest BCUT2D eigenvalue weighted by atomic mass is 16.3. The molecule has 5 nitrogen and oxygen atoms in total. The van der Waals surface area contributed by atoms with Crippen LogP contribution >= 0.6 is 0 Å². The quantitative estimate of drug-likeness (QED) is 0.793. The predicted molar refractivity (Wildman–Crippen MR) is 63.2 cm³/mol. The van der Waals surface area contributed by atoms with E-state index in [4.69, 9.17) is 0 Å². The lowest BCUT2D eigenvalue weighted by molar-refractivity contribution is 0.0904. The smallest absolute Gasteiger partial charge is 0.272 e. The van der Waals surface area contributed by atoms with Crippen molar-refractivity contribution in [1.82, 2.24) is 9.88 Å². The van der Waals surface area contributed by atoms with Crippen molar-refractivity contribution in [3.63, 3.8) is 0 Å². The first-order valence-electron chi connectivity index (χ1n) is 5.71. The van der Waals surface area contributed by atoms with Crippen LogP contribution in [0.4, 0.5) is 0 Å². The number of hydrogen-bond donors (Lipinski definition) is 2. The Labute approximate surface area is 99.1 Å². The predicted octanol–water partition coefficient (Wildman–Crippen LogP) is 0.682. The molecule has 1 aliphatic carbocycles. The average molecular weight is 236 g/mol. The van der Waals surface area contributed by atoms with E-state index in [-0.39, 0.29) is 17.6 Å². The number of nitrogens with zero attached hydrogens (tertiary/aromatic N) is 1. The van der Waals surface area contributed by atoms with Crippen LogP contribution in [0.3, 0.4) is 0 Å². The zero-order chi connectivity index (χ0) is 12.6. The topological polar surface area (TPSA) is 71.3 Å². The molecule has 0 bridgehead atoms. The minimum atomic E-state index is -0.514. The van der Waals surface area contributed by atoms with E-state index in [0.29, 0.717) is 5.69 Å². The molecule has 1 aromatic heterocycles. The maximum absolute atomic E-state index is 12.0. The van der Waals surface area contributed by atoms with E-state index >= 15 is 0 Å². The molecule has 17 heavy (non-hydrogen) atoms. The summed E-state index contributed by atoms with van der Waals surface area (Å²) in [5.74, 6) is -0.856. The molecule has 2 N–H and O–H groups in total. The number of rotatable bonds is 2. The first-order chi connectivity index (χ1) is 8.00. The largest absolute Gasteiger partial charge is 0.503 e. The summed E-state index contributed by atoms with van der Waals surface area (Å²) in [7, 11) is 1.66. The van der Waals surface area contributed by atoms with Gasteiger partial charge in [-0.25, -0.2) is 0 Å². The fourth-order valence-corrected chi connectivity index (χ4v) is 1.87. The highest BCUT2D eigenvalue weighted by Gasteiger charge is 2.24. The monoisotopic (exact) mass is 236 g/mol. The van der Waals surface area contributed by atoms with Gasteiger partial charge in [-0.3, -0.25) is 9.59 Å². The summed E-state index contributed by atoms with van der Waals surface area (Å²) < 4.78 is 1.53. The summed E-state index contributed by atoms with van der Waals surface area (Å²) >= 11 is 0. The molecule has 0 unspecified atom stereocenters. The van der Waals surface area contributed by atoms with Crippen molar-refractivity contribution in [2.75, 3.05) is 0 Å². The number of carbonyl (C=O) groups excluding carboxylic acids is 1. The Morgan fingerprint density at radius 2 is 2.18 bits per heavy atom. The van der Waals surface area contributed by atoms with E-state index < -0.39 is 11.2 Å². The molecule has 5 heteroatoms. The second-order valence-corrected chi connectivity index (χ2v) is 4.51. The number of aryl methyl sites for hydroxylation is 1. The zero-order valence-electron chi connectivity index (χ0n) is 9.99. The van der Waals surface area contributed by atoms with Gasteiger partial charge < -0.3 is 15.0 Å². The lowest BCUT2D eigenvalue weighted by atomic mass is 9.93. The number of carbonyl (C=O) groups is 1. The molecule has 1 aromatic rings. The third-order valence-electron chi connectivity index (χ3n) is 3.32. The van der Waals surface area contributed by atoms with Crippen LogP contribution in [0.2, 0.25) is 0 Å². The molecular weight excluding hydrogens is 220 g/mol. The molecule has 1 aliphatic rings. The third-order valence-corrected chi connectivity index (χ3v) is 3.32. The Kier molecular flexibility index (Phi) is 2.92. The van der Waals surface area contributed by atoms with Crippen LogP contribution in [0.1, 0.15) is 35.4 Å². The van der Waals surface area contributed by atoms with Gasteiger partial charge in [0.15, 0.2) is 11.4 Å². The third kappa shape index (κ3) is 2.05. The van der Waals surface area contributed by atoms with Gasteiger partial charge in [0.2, 0.25) is 5.43 Å². The highest BCUT2D eigenvalue weighted by Crippen LogP contribution is 2.20. The van der Waals surface area contributed by atoms with Crippen molar-refractivity contribution in [3.05, 3.63) is 27.7 Å². The zero-order valence-corrected chi connectivity index (χ0v) is 9.99. The van der Waals surface area contributed by atoms with Crippen molar-refractivity contribution in [1.29, 1.82) is 0 Å². The number of amides is 1. The van der Waals surface area contributed by atoms with Gasteiger partial charge in [-0.05, 0) is 26.2 Å². The van der Waals surface area contributed by atoms with E-state index in [0.717, 1.165) is 19.3 Å². The van der Waals surface area contributed by atoms with Gasteiger partial charge in [0.25, 0.3) is 5.91 Å². The lowest BCUT2D eigenvalue weighted by Gasteiger charge is -2.27. The Hall–Kier alpha value is -1.78. The molecule has 0 spiro atoms. The molecule has 0 atom stereocenters. The highest BCUT2D eigenvalue weighted by molar-refractivity contribution is 5.95. The fraction of sp³-hybridized carbons (Fsp3) is 0.500. The molecule has 2 rings (SSSR count). The molecular formula is C12H16N2O3. The summed E-state index contributed by atoms with van der Waals surface area (Å²) in [6.45, 7) is 1.72. The van der Waals surface area contributed by atoms with Gasteiger partial charge in [0.05, 0.1) is 0 Å². The Morgan fingerprint density at radius 1 is 1.53 bits per heavy atom. The van der Waals surface area contributed by atoms with Crippen LogP contribution in [0.15, 0.2) is 10.9 Å². The van der Waals surface area contributed by atoms with Gasteiger partial charge in [0, 0.05) is 24.8 Å². The van der Waals surface area contributed by atoms with Gasteiger partial charge in [0.1, 0.15) is 0 Å². The molecule has 1 fully saturated rings. The Morgan fingerprint density at radius 3 is 2.71 bits per heavy atom. The molecule has 0 aromatic carbocycles. The maximum Gasteiger partial charge on any atom is 0.272 e. The number of aromatic nitrogens is 1. The second-order valence-electron chi connectivity index (χ2n) is 4.51. The Balaban J connectivity index is 2.36. The molecule has 1 amide bonds. The van der Waals surface area contributed by atoms with Crippen LogP contribution in [-0.2, 0) is 7.05 Å². The van der Waals surface area contributed by atoms with Crippen molar-refractivity contribution in [2.24, 2.45) is 7.05 Å². The van der Waals surface area contributed by atoms with Crippen LogP contribution in [0.25, 0.3) is 0 Å². The van der Waals surface area contributed by atoms with E-state index in [1.54, 1.807) is 14.0 Å². The summed E-state index contributed by atoms with van der Waals surface area (Å²) in [5, 5.41) is 12.5. The summed E-state index contributed by atoms with van der Waals surface area (Å²) in [4.78, 5) is 23.4. The lowest BCUT2D eigenvalue weighted by Crippen LogP contribution is -2.41. The van der Waals surface area contributed by atoms with E-state index in [1.807, 2.05) is 0 Å². The van der Waals surface area contributed by atoms with Gasteiger partial charge in [-0.1, -0.05) is 0 Å². The number of aromatic hydroxyl groups is 1. The molecule has 92 valence electrons. The summed E-state index contributed by atoms with van der Waals surface area (Å²) in [6.07, 6.45) is 3.04. The SMILES string of the molecule is Cc1cc(=O)c(O)c(C(=O)NC2CCC2)n1C. The average Bonchev–Trinajstić information content (AvgIpc) is 2.21. The number of pyridine rings is 1. The van der Waals surface area contributed by atoms with Crippen LogP contribution in [0.5, 0.6) is 5.75 Å². The van der Waals surface area contributed by atoms with E-state index in [9.17, 15) is 14.7 Å². The van der Waals surface area contributed by atoms with Crippen LogP contribution < -0.4 is 10.7 Å². The molecule has 0 saturated heterocycles. The molecule has 1 saturated carbocycles. The van der Waals surface area contributed by atoms with E-state index in [2.05, 4.69) is 5.32 Å². The molecule has 0 radical (unpaired) electrons. The molecule has 0 aliphatic heterocycles. The van der Waals surface area contributed by atoms with Gasteiger partial charge in [-0.2, -0.15) is 0 Å². The molecule has 1 heterocycles. The van der Waals surface area contributed by atoms with Crippen LogP contribution in [-0.4, -0.2) is 21.6 Å². The van der Waals surface area contributed by atoms with E-state index in [1.165, 1.54) is 10.6 Å². The van der Waals surface area contributed by atoms with Crippen molar-refractivity contribution in [3.8, 4) is 5.75 Å². The standard InChI is InChI=1S/C12H16N2O3/c1-7-6-9(15)11(16)10(14(7)2)12(17)13-8-4-3-5-8/h6,8,16H,3-5H2,1-2H3,(H,13,17). The summed E-state index contributed by atoms with van der Waals surface area (Å²) in [5.41, 5.74) is 0.174.